The van der Waals surface area contributed by atoms with Gasteiger partial charge in [-0.3, -0.25) is 0 Å². The number of hydrogen-bond donors (Lipinski definition) is 4. The molecule has 2 atom stereocenters. The number of aliphatic hydroxyl groups is 2. The van der Waals surface area contributed by atoms with Gasteiger partial charge in [-0.2, -0.15) is 0 Å². The first kappa shape index (κ1) is 21.6. The van der Waals surface area contributed by atoms with E-state index in [1.54, 1.807) is 0 Å². The van der Waals surface area contributed by atoms with Gasteiger partial charge in [-0.05, 0) is 12.8 Å². The third kappa shape index (κ3) is 15.4. The normalized spacial score (nSPS) is 12.5. The third-order valence-electron chi connectivity index (χ3n) is 1.69. The Kier molecular flexibility index (Phi) is 17.1. The van der Waals surface area contributed by atoms with Crippen molar-refractivity contribution in [1.82, 2.24) is 0 Å². The van der Waals surface area contributed by atoms with Gasteiger partial charge in [0.15, 0.2) is 12.2 Å². The molecule has 17 heavy (non-hydrogen) atoms. The van der Waals surface area contributed by atoms with Crippen molar-refractivity contribution in [3.8, 4) is 0 Å². The van der Waals surface area contributed by atoms with Crippen molar-refractivity contribution >= 4 is 11.9 Å². The minimum Gasteiger partial charge on any atom is -0.479 e. The van der Waals surface area contributed by atoms with Crippen LogP contribution in [0.25, 0.3) is 0 Å². The molecule has 0 aromatic carbocycles. The van der Waals surface area contributed by atoms with Gasteiger partial charge in [-0.1, -0.05) is 26.7 Å². The van der Waals surface area contributed by atoms with Crippen molar-refractivity contribution in [2.24, 2.45) is 0 Å². The maximum atomic E-state index is 9.84. The summed E-state index contributed by atoms with van der Waals surface area (Å²) in [6.45, 7) is 3.65. The number of aliphatic hydroxyl groups excluding tert-OH is 2. The van der Waals surface area contributed by atoms with Crippen LogP contribution in [0.15, 0.2) is 0 Å². The molecule has 1 radical (unpaired) electrons. The Morgan fingerprint density at radius 3 is 1.18 bits per heavy atom. The molecule has 0 bridgehead atoms. The van der Waals surface area contributed by atoms with Gasteiger partial charge in [0.2, 0.25) is 0 Å². The van der Waals surface area contributed by atoms with Crippen LogP contribution in [0.3, 0.4) is 0 Å². The zero-order chi connectivity index (χ0) is 13.1. The van der Waals surface area contributed by atoms with Crippen LogP contribution in [0.2, 0.25) is 0 Å². The molecule has 7 heteroatoms. The van der Waals surface area contributed by atoms with E-state index in [-0.39, 0.29) is 17.1 Å². The average Bonchev–Trinajstić information content (AvgIpc) is 2.19. The summed E-state index contributed by atoms with van der Waals surface area (Å²) in [6, 6.07) is 0. The van der Waals surface area contributed by atoms with E-state index in [0.29, 0.717) is 25.7 Å². The number of carbonyl (C=O) groups is 2. The van der Waals surface area contributed by atoms with Crippen LogP contribution >= 0.6 is 0 Å². The van der Waals surface area contributed by atoms with Crippen LogP contribution in [-0.4, -0.2) is 44.6 Å². The predicted octanol–water partition coefficient (Wildman–Crippen LogP) is 0.462. The molecular formula is C10H20CuO6. The maximum Gasteiger partial charge on any atom is 0.332 e. The van der Waals surface area contributed by atoms with Crippen LogP contribution < -0.4 is 0 Å². The molecule has 0 spiro atoms. The van der Waals surface area contributed by atoms with Crippen LogP contribution in [0, 0.1) is 0 Å². The third-order valence-corrected chi connectivity index (χ3v) is 1.69. The molecule has 0 aromatic heterocycles. The Hall–Kier alpha value is -0.621. The topological polar surface area (TPSA) is 115 Å². The maximum absolute atomic E-state index is 9.84. The van der Waals surface area contributed by atoms with Crippen LogP contribution in [-0.2, 0) is 26.7 Å². The first-order valence-corrected chi connectivity index (χ1v) is 5.18. The second-order valence-corrected chi connectivity index (χ2v) is 3.29. The van der Waals surface area contributed by atoms with Crippen molar-refractivity contribution in [1.29, 1.82) is 0 Å². The number of carboxylic acid groups (broad SMARTS) is 2. The van der Waals surface area contributed by atoms with Crippen molar-refractivity contribution in [2.75, 3.05) is 0 Å². The van der Waals surface area contributed by atoms with Gasteiger partial charge in [-0.25, -0.2) is 9.59 Å². The summed E-state index contributed by atoms with van der Waals surface area (Å²) in [6.07, 6.45) is -0.244. The Bertz CT molecular complexity index is 187. The zero-order valence-electron chi connectivity index (χ0n) is 9.89. The Morgan fingerprint density at radius 1 is 0.882 bits per heavy atom. The molecule has 0 saturated carbocycles. The van der Waals surface area contributed by atoms with E-state index in [1.165, 1.54) is 0 Å². The van der Waals surface area contributed by atoms with Gasteiger partial charge in [0.25, 0.3) is 0 Å². The quantitative estimate of drug-likeness (QED) is 0.530. The molecule has 0 aliphatic heterocycles. The van der Waals surface area contributed by atoms with Crippen LogP contribution in [0.5, 0.6) is 0 Å². The smallest absolute Gasteiger partial charge is 0.332 e. The summed E-state index contributed by atoms with van der Waals surface area (Å²) < 4.78 is 0. The van der Waals surface area contributed by atoms with Crippen molar-refractivity contribution < 1.29 is 47.1 Å². The second kappa shape index (κ2) is 13.4. The minimum atomic E-state index is -1.17. The van der Waals surface area contributed by atoms with Gasteiger partial charge in [-0.15, -0.1) is 0 Å². The fourth-order valence-corrected chi connectivity index (χ4v) is 0.794. The summed E-state index contributed by atoms with van der Waals surface area (Å²) in [5.74, 6) is -2.27. The van der Waals surface area contributed by atoms with Crippen molar-refractivity contribution in [2.45, 2.75) is 51.7 Å². The molecule has 107 valence electrons. The second-order valence-electron chi connectivity index (χ2n) is 3.29. The van der Waals surface area contributed by atoms with Gasteiger partial charge < -0.3 is 20.4 Å². The fourth-order valence-electron chi connectivity index (χ4n) is 0.794. The molecular weight excluding hydrogens is 280 g/mol. The van der Waals surface area contributed by atoms with Gasteiger partial charge in [0.05, 0.1) is 0 Å². The number of hydrogen-bond acceptors (Lipinski definition) is 4. The molecule has 0 aliphatic carbocycles. The van der Waals surface area contributed by atoms with Crippen molar-refractivity contribution in [3.05, 3.63) is 0 Å². The molecule has 0 fully saturated rings. The summed E-state index contributed by atoms with van der Waals surface area (Å²) >= 11 is 0. The Balaban J connectivity index is -0.000000218. The Labute approximate surface area is 111 Å². The van der Waals surface area contributed by atoms with E-state index < -0.39 is 24.1 Å². The first-order valence-electron chi connectivity index (χ1n) is 5.18. The van der Waals surface area contributed by atoms with E-state index >= 15 is 0 Å². The Morgan fingerprint density at radius 2 is 1.12 bits per heavy atom. The van der Waals surface area contributed by atoms with Gasteiger partial charge in [0.1, 0.15) is 0 Å². The fraction of sp³-hybridized carbons (Fsp3) is 0.800. The summed E-state index contributed by atoms with van der Waals surface area (Å²) in [7, 11) is 0. The molecule has 6 nitrogen and oxygen atoms in total. The first-order chi connectivity index (χ1) is 7.36. The van der Waals surface area contributed by atoms with E-state index in [2.05, 4.69) is 0 Å². The number of carboxylic acids is 2. The van der Waals surface area contributed by atoms with Crippen LogP contribution in [0.1, 0.15) is 39.5 Å². The van der Waals surface area contributed by atoms with E-state index in [1.807, 2.05) is 13.8 Å². The SMILES string of the molecule is CCCC(O)C(=O)O.CCCC(O)C(=O)O.[Cu]. The summed E-state index contributed by atoms with van der Waals surface area (Å²) in [4.78, 5) is 19.7. The average molecular weight is 300 g/mol. The molecule has 2 unspecified atom stereocenters. The summed E-state index contributed by atoms with van der Waals surface area (Å²) in [5, 5.41) is 33.2. The molecule has 4 N–H and O–H groups in total. The van der Waals surface area contributed by atoms with E-state index in [0.717, 1.165) is 0 Å². The van der Waals surface area contributed by atoms with E-state index in [9.17, 15) is 9.59 Å². The molecule has 0 aromatic rings. The standard InChI is InChI=1S/2C5H10O3.Cu/c2*1-2-3-4(6)5(7)8;/h2*4,6H,2-3H2,1H3,(H,7,8);. The molecule has 0 saturated heterocycles. The monoisotopic (exact) mass is 299 g/mol. The minimum absolute atomic E-state index is 0. The number of aliphatic carboxylic acids is 2. The molecule has 0 amide bonds. The zero-order valence-corrected chi connectivity index (χ0v) is 10.8. The molecule has 0 heterocycles. The molecule has 0 aliphatic rings. The molecule has 0 rings (SSSR count). The van der Waals surface area contributed by atoms with Gasteiger partial charge in [0, 0.05) is 17.1 Å². The van der Waals surface area contributed by atoms with E-state index in [4.69, 9.17) is 20.4 Å². The summed E-state index contributed by atoms with van der Waals surface area (Å²) in [5.41, 5.74) is 0. The van der Waals surface area contributed by atoms with Crippen molar-refractivity contribution in [3.63, 3.8) is 0 Å². The van der Waals surface area contributed by atoms with Crippen LogP contribution in [0.4, 0.5) is 0 Å². The largest absolute Gasteiger partial charge is 0.479 e. The number of rotatable bonds is 6. The predicted molar refractivity (Wildman–Crippen MR) is 57.1 cm³/mol. The van der Waals surface area contributed by atoms with Gasteiger partial charge >= 0.3 is 11.9 Å².